The van der Waals surface area contributed by atoms with Gasteiger partial charge in [-0.25, -0.2) is 0 Å². The lowest BCUT2D eigenvalue weighted by Crippen LogP contribution is -2.17. The number of pyridine rings is 1. The van der Waals surface area contributed by atoms with E-state index in [1.807, 2.05) is 38.1 Å². The Morgan fingerprint density at radius 1 is 0.857 bits per heavy atom. The molecule has 2 aromatic carbocycles. The molecule has 6 heteroatoms. The minimum absolute atomic E-state index is 0.122. The van der Waals surface area contributed by atoms with E-state index in [1.54, 1.807) is 30.3 Å². The second-order valence-electron chi connectivity index (χ2n) is 6.33. The van der Waals surface area contributed by atoms with E-state index in [0.717, 1.165) is 11.1 Å². The second-order valence-corrected chi connectivity index (χ2v) is 6.33. The molecule has 0 spiro atoms. The molecule has 1 heterocycles. The summed E-state index contributed by atoms with van der Waals surface area (Å²) in [4.78, 5) is 29.0. The van der Waals surface area contributed by atoms with Gasteiger partial charge in [-0.05, 0) is 73.5 Å². The van der Waals surface area contributed by atoms with Crippen molar-refractivity contribution < 1.29 is 9.59 Å². The molecule has 3 aromatic rings. The number of amides is 2. The lowest BCUT2D eigenvalue weighted by atomic mass is 10.1. The van der Waals surface area contributed by atoms with Gasteiger partial charge in [0.1, 0.15) is 5.69 Å². The Bertz CT molecular complexity index is 1080. The van der Waals surface area contributed by atoms with Crippen molar-refractivity contribution in [3.05, 3.63) is 88.7 Å². The Labute approximate surface area is 162 Å². The predicted octanol–water partition coefficient (Wildman–Crippen LogP) is 4.07. The zero-order valence-electron chi connectivity index (χ0n) is 15.5. The number of anilines is 2. The van der Waals surface area contributed by atoms with E-state index in [0.29, 0.717) is 22.5 Å². The van der Waals surface area contributed by atoms with E-state index >= 15 is 0 Å². The monoisotopic (exact) mass is 370 g/mol. The summed E-state index contributed by atoms with van der Waals surface area (Å²) in [6.45, 7) is 3.98. The van der Waals surface area contributed by atoms with Crippen LogP contribution in [0.1, 0.15) is 37.5 Å². The number of carbonyl (C=O) groups is 2. The molecule has 0 aliphatic rings. The van der Waals surface area contributed by atoms with Crippen LogP contribution < -0.4 is 10.6 Å². The molecule has 0 bridgehead atoms. The smallest absolute Gasteiger partial charge is 0.274 e. The van der Waals surface area contributed by atoms with Gasteiger partial charge in [0.15, 0.2) is 0 Å². The van der Waals surface area contributed by atoms with Crippen LogP contribution in [0.5, 0.6) is 0 Å². The Kier molecular flexibility index (Phi) is 5.47. The van der Waals surface area contributed by atoms with Crippen LogP contribution in [-0.2, 0) is 0 Å². The van der Waals surface area contributed by atoms with Crippen molar-refractivity contribution in [3.63, 3.8) is 0 Å². The van der Waals surface area contributed by atoms with Gasteiger partial charge in [0, 0.05) is 23.1 Å². The quantitative estimate of drug-likeness (QED) is 0.723. The van der Waals surface area contributed by atoms with Gasteiger partial charge in [0.05, 0.1) is 11.6 Å². The highest BCUT2D eigenvalue weighted by Gasteiger charge is 2.13. The molecule has 1 aromatic heterocycles. The summed E-state index contributed by atoms with van der Waals surface area (Å²) in [6.07, 6.45) is 1.42. The normalized spacial score (nSPS) is 10.0. The van der Waals surface area contributed by atoms with Crippen LogP contribution in [0.25, 0.3) is 0 Å². The van der Waals surface area contributed by atoms with Crippen molar-refractivity contribution in [1.82, 2.24) is 4.98 Å². The molecular weight excluding hydrogens is 352 g/mol. The summed E-state index contributed by atoms with van der Waals surface area (Å²) in [5.41, 5.74) is 4.40. The van der Waals surface area contributed by atoms with Gasteiger partial charge < -0.3 is 10.6 Å². The number of nitrogens with zero attached hydrogens (tertiary/aromatic N) is 2. The van der Waals surface area contributed by atoms with Gasteiger partial charge in [-0.2, -0.15) is 5.26 Å². The second kappa shape index (κ2) is 8.14. The SMILES string of the molecule is Cc1ccc(NC(=O)c2ccnc(C(=O)Nc3ccc(C#N)cc3)c2)cc1C. The zero-order chi connectivity index (χ0) is 20.1. The van der Waals surface area contributed by atoms with Crippen molar-refractivity contribution in [2.45, 2.75) is 13.8 Å². The van der Waals surface area contributed by atoms with Crippen LogP contribution in [0.3, 0.4) is 0 Å². The number of benzene rings is 2. The Morgan fingerprint density at radius 3 is 2.21 bits per heavy atom. The number of hydrogen-bond acceptors (Lipinski definition) is 4. The highest BCUT2D eigenvalue weighted by molar-refractivity contribution is 6.07. The first-order valence-corrected chi connectivity index (χ1v) is 8.62. The highest BCUT2D eigenvalue weighted by atomic mass is 16.2. The predicted molar refractivity (Wildman–Crippen MR) is 107 cm³/mol. The lowest BCUT2D eigenvalue weighted by molar-refractivity contribution is 0.102. The van der Waals surface area contributed by atoms with Crippen LogP contribution in [0.2, 0.25) is 0 Å². The molecule has 138 valence electrons. The van der Waals surface area contributed by atoms with Crippen LogP contribution in [0.4, 0.5) is 11.4 Å². The Hall–Kier alpha value is -3.98. The summed E-state index contributed by atoms with van der Waals surface area (Å²) in [5.74, 6) is -0.761. The number of rotatable bonds is 4. The molecule has 0 atom stereocenters. The van der Waals surface area contributed by atoms with Gasteiger partial charge in [0.2, 0.25) is 0 Å². The summed E-state index contributed by atoms with van der Waals surface area (Å²) < 4.78 is 0. The molecule has 0 saturated carbocycles. The molecule has 0 fully saturated rings. The molecule has 2 amide bonds. The Balaban J connectivity index is 1.73. The number of carbonyl (C=O) groups excluding carboxylic acids is 2. The van der Waals surface area contributed by atoms with Gasteiger partial charge in [-0.3, -0.25) is 14.6 Å². The first-order chi connectivity index (χ1) is 13.5. The summed E-state index contributed by atoms with van der Waals surface area (Å²) in [6, 6.07) is 17.2. The summed E-state index contributed by atoms with van der Waals surface area (Å²) in [7, 11) is 0. The fraction of sp³-hybridized carbons (Fsp3) is 0.0909. The maximum Gasteiger partial charge on any atom is 0.274 e. The third kappa shape index (κ3) is 4.40. The van der Waals surface area contributed by atoms with Crippen LogP contribution in [0, 0.1) is 25.2 Å². The van der Waals surface area contributed by atoms with Crippen LogP contribution in [0.15, 0.2) is 60.8 Å². The fourth-order valence-electron chi connectivity index (χ4n) is 2.54. The first-order valence-electron chi connectivity index (χ1n) is 8.62. The molecular formula is C22H18N4O2. The lowest BCUT2D eigenvalue weighted by Gasteiger charge is -2.09. The molecule has 6 nitrogen and oxygen atoms in total. The summed E-state index contributed by atoms with van der Waals surface area (Å²) >= 11 is 0. The van der Waals surface area contributed by atoms with E-state index in [-0.39, 0.29) is 11.6 Å². The van der Waals surface area contributed by atoms with E-state index in [9.17, 15) is 9.59 Å². The fourth-order valence-corrected chi connectivity index (χ4v) is 2.54. The van der Waals surface area contributed by atoms with Gasteiger partial charge >= 0.3 is 0 Å². The molecule has 0 unspecified atom stereocenters. The molecule has 0 aliphatic heterocycles. The average molecular weight is 370 g/mol. The van der Waals surface area contributed by atoms with Crippen molar-refractivity contribution in [2.24, 2.45) is 0 Å². The van der Waals surface area contributed by atoms with E-state index in [1.165, 1.54) is 12.3 Å². The Morgan fingerprint density at radius 2 is 1.54 bits per heavy atom. The van der Waals surface area contributed by atoms with Gasteiger partial charge in [0.25, 0.3) is 11.8 Å². The van der Waals surface area contributed by atoms with E-state index in [2.05, 4.69) is 15.6 Å². The number of aromatic nitrogens is 1. The molecule has 2 N–H and O–H groups in total. The van der Waals surface area contributed by atoms with E-state index in [4.69, 9.17) is 5.26 Å². The topological polar surface area (TPSA) is 94.9 Å². The minimum atomic E-state index is -0.439. The minimum Gasteiger partial charge on any atom is -0.322 e. The molecule has 0 radical (unpaired) electrons. The standard InChI is InChI=1S/C22H18N4O2/c1-14-3-6-19(11-15(14)2)26-21(27)17-9-10-24-20(12-17)22(28)25-18-7-4-16(13-23)5-8-18/h3-12H,1-2H3,(H,25,28)(H,26,27). The number of nitriles is 1. The molecule has 3 rings (SSSR count). The maximum atomic E-state index is 12.5. The van der Waals surface area contributed by atoms with Crippen molar-refractivity contribution in [3.8, 4) is 6.07 Å². The van der Waals surface area contributed by atoms with Crippen molar-refractivity contribution in [1.29, 1.82) is 5.26 Å². The third-order valence-electron chi connectivity index (χ3n) is 4.29. The summed E-state index contributed by atoms with van der Waals surface area (Å²) in [5, 5.41) is 14.3. The number of aryl methyl sites for hydroxylation is 2. The van der Waals surface area contributed by atoms with Crippen molar-refractivity contribution in [2.75, 3.05) is 10.6 Å². The van der Waals surface area contributed by atoms with Gasteiger partial charge in [-0.1, -0.05) is 6.07 Å². The number of hydrogen-bond donors (Lipinski definition) is 2. The maximum absolute atomic E-state index is 12.5. The van der Waals surface area contributed by atoms with E-state index < -0.39 is 5.91 Å². The largest absolute Gasteiger partial charge is 0.322 e. The van der Waals surface area contributed by atoms with Crippen LogP contribution in [-0.4, -0.2) is 16.8 Å². The average Bonchev–Trinajstić information content (AvgIpc) is 2.71. The third-order valence-corrected chi connectivity index (χ3v) is 4.29. The first kappa shape index (κ1) is 18.8. The molecule has 0 aliphatic carbocycles. The van der Waals surface area contributed by atoms with Crippen molar-refractivity contribution >= 4 is 23.2 Å². The van der Waals surface area contributed by atoms with Gasteiger partial charge in [-0.15, -0.1) is 0 Å². The zero-order valence-corrected chi connectivity index (χ0v) is 15.5. The van der Waals surface area contributed by atoms with Crippen LogP contribution >= 0.6 is 0 Å². The highest BCUT2D eigenvalue weighted by Crippen LogP contribution is 2.16. The molecule has 28 heavy (non-hydrogen) atoms. The molecule has 0 saturated heterocycles. The number of nitrogens with one attached hydrogen (secondary N) is 2.